The number of anilines is 1. The molecule has 0 aliphatic rings. The largest absolute Gasteiger partial charge is 0.479 e. The van der Waals surface area contributed by atoms with Gasteiger partial charge in [0.15, 0.2) is 11.5 Å². The van der Waals surface area contributed by atoms with E-state index in [2.05, 4.69) is 10.4 Å². The van der Waals surface area contributed by atoms with Crippen LogP contribution in [0.25, 0.3) is 0 Å². The van der Waals surface area contributed by atoms with E-state index >= 15 is 0 Å². The fourth-order valence-electron chi connectivity index (χ4n) is 2.96. The number of nitrogens with zero attached hydrogens (tertiary/aromatic N) is 3. The monoisotopic (exact) mass is 436 g/mol. The van der Waals surface area contributed by atoms with Crippen molar-refractivity contribution in [1.82, 2.24) is 9.78 Å². The topological polar surface area (TPSA) is 112 Å². The number of rotatable bonds is 8. The van der Waals surface area contributed by atoms with E-state index in [0.717, 1.165) is 0 Å². The number of nitrogens with one attached hydrogen (secondary N) is 1. The average molecular weight is 436 g/mol. The minimum atomic E-state index is -0.539. The second-order valence-corrected chi connectivity index (χ2v) is 6.75. The second kappa shape index (κ2) is 9.13. The third kappa shape index (κ3) is 4.81. The quantitative estimate of drug-likeness (QED) is 0.324. The average Bonchev–Trinajstić information content (AvgIpc) is 3.44. The third-order valence-electron chi connectivity index (χ3n) is 4.50. The van der Waals surface area contributed by atoms with Crippen molar-refractivity contribution >= 4 is 17.3 Å². The summed E-state index contributed by atoms with van der Waals surface area (Å²) in [6.07, 6.45) is 3.02. The molecule has 10 heteroatoms. The Labute approximate surface area is 181 Å². The molecular weight excluding hydrogens is 419 g/mol. The zero-order valence-electron chi connectivity index (χ0n) is 16.6. The standard InChI is InChI=1S/C22H17FN4O5/c23-18-6-2-1-5-15(18)12-26-13-16(11-24-26)25-22(28)21-10-9-17(32-21)14-31-20-8-4-3-7-19(20)27(29)30/h1-11,13H,12,14H2,(H,25,28). The summed E-state index contributed by atoms with van der Waals surface area (Å²) in [5.74, 6) is -0.383. The number of nitro groups is 1. The predicted molar refractivity (Wildman–Crippen MR) is 112 cm³/mol. The lowest BCUT2D eigenvalue weighted by molar-refractivity contribution is -0.386. The van der Waals surface area contributed by atoms with E-state index < -0.39 is 10.8 Å². The van der Waals surface area contributed by atoms with Crippen molar-refractivity contribution in [3.8, 4) is 5.75 Å². The number of benzene rings is 2. The van der Waals surface area contributed by atoms with Gasteiger partial charge < -0.3 is 14.5 Å². The number of hydrogen-bond donors (Lipinski definition) is 1. The summed E-state index contributed by atoms with van der Waals surface area (Å²) in [5, 5.41) is 17.8. The second-order valence-electron chi connectivity index (χ2n) is 6.75. The molecule has 0 fully saturated rings. The lowest BCUT2D eigenvalue weighted by Gasteiger charge is -2.04. The molecule has 0 aliphatic carbocycles. The number of aromatic nitrogens is 2. The Hall–Kier alpha value is -4.47. The van der Waals surface area contributed by atoms with E-state index in [1.54, 1.807) is 42.6 Å². The van der Waals surface area contributed by atoms with Crippen molar-refractivity contribution in [3.63, 3.8) is 0 Å². The van der Waals surface area contributed by atoms with E-state index in [4.69, 9.17) is 9.15 Å². The van der Waals surface area contributed by atoms with Crippen LogP contribution in [-0.4, -0.2) is 20.6 Å². The smallest absolute Gasteiger partial charge is 0.310 e. The summed E-state index contributed by atoms with van der Waals surface area (Å²) < 4.78 is 26.2. The van der Waals surface area contributed by atoms with Gasteiger partial charge in [0.2, 0.25) is 0 Å². The molecule has 9 nitrogen and oxygen atoms in total. The van der Waals surface area contributed by atoms with Crippen LogP contribution in [0.3, 0.4) is 0 Å². The maximum Gasteiger partial charge on any atom is 0.310 e. The first kappa shape index (κ1) is 20.8. The zero-order valence-corrected chi connectivity index (χ0v) is 16.6. The van der Waals surface area contributed by atoms with Gasteiger partial charge in [0.05, 0.1) is 23.4 Å². The van der Waals surface area contributed by atoms with Crippen LogP contribution in [-0.2, 0) is 13.2 Å². The molecule has 0 saturated carbocycles. The number of carbonyl (C=O) groups excluding carboxylic acids is 1. The molecule has 1 N–H and O–H groups in total. The lowest BCUT2D eigenvalue weighted by Crippen LogP contribution is -2.10. The molecule has 32 heavy (non-hydrogen) atoms. The molecule has 0 saturated heterocycles. The van der Waals surface area contributed by atoms with Crippen LogP contribution in [0.5, 0.6) is 5.75 Å². The van der Waals surface area contributed by atoms with Crippen LogP contribution in [0.15, 0.2) is 77.5 Å². The molecule has 0 unspecified atom stereocenters. The highest BCUT2D eigenvalue weighted by Crippen LogP contribution is 2.27. The Morgan fingerprint density at radius 3 is 2.75 bits per heavy atom. The number of amides is 1. The Kier molecular flexibility index (Phi) is 5.93. The van der Waals surface area contributed by atoms with Gasteiger partial charge in [0, 0.05) is 17.8 Å². The lowest BCUT2D eigenvalue weighted by atomic mass is 10.2. The van der Waals surface area contributed by atoms with Gasteiger partial charge in [-0.1, -0.05) is 30.3 Å². The summed E-state index contributed by atoms with van der Waals surface area (Å²) in [5.41, 5.74) is 0.729. The molecule has 2 heterocycles. The van der Waals surface area contributed by atoms with Crippen LogP contribution in [0, 0.1) is 15.9 Å². The van der Waals surface area contributed by atoms with Crippen molar-refractivity contribution < 1.29 is 23.3 Å². The first-order valence-corrected chi connectivity index (χ1v) is 9.52. The van der Waals surface area contributed by atoms with Gasteiger partial charge in [-0.3, -0.25) is 19.6 Å². The first-order valence-electron chi connectivity index (χ1n) is 9.52. The molecule has 2 aromatic heterocycles. The molecule has 2 aromatic carbocycles. The normalized spacial score (nSPS) is 10.7. The number of nitro benzene ring substituents is 1. The predicted octanol–water partition coefficient (Wildman–Crippen LogP) is 4.40. The highest BCUT2D eigenvalue weighted by molar-refractivity contribution is 6.02. The Morgan fingerprint density at radius 1 is 1.16 bits per heavy atom. The molecule has 162 valence electrons. The summed E-state index contributed by atoms with van der Waals surface area (Å²) >= 11 is 0. The Bertz CT molecular complexity index is 1270. The zero-order chi connectivity index (χ0) is 22.5. The first-order chi connectivity index (χ1) is 15.5. The molecule has 0 spiro atoms. The van der Waals surface area contributed by atoms with Crippen LogP contribution in [0.4, 0.5) is 15.8 Å². The maximum atomic E-state index is 13.8. The van der Waals surface area contributed by atoms with Gasteiger partial charge in [0.25, 0.3) is 5.91 Å². The van der Waals surface area contributed by atoms with Crippen molar-refractivity contribution in [2.24, 2.45) is 0 Å². The Balaban J connectivity index is 1.36. The minimum Gasteiger partial charge on any atom is -0.479 e. The summed E-state index contributed by atoms with van der Waals surface area (Å²) in [6.45, 7) is 0.134. The van der Waals surface area contributed by atoms with Gasteiger partial charge in [-0.25, -0.2) is 4.39 Å². The summed E-state index contributed by atoms with van der Waals surface area (Å²) in [7, 11) is 0. The van der Waals surface area contributed by atoms with E-state index in [-0.39, 0.29) is 36.2 Å². The van der Waals surface area contributed by atoms with E-state index in [9.17, 15) is 19.3 Å². The number of carbonyl (C=O) groups is 1. The minimum absolute atomic E-state index is 0.0352. The van der Waals surface area contributed by atoms with Gasteiger partial charge in [-0.2, -0.15) is 5.10 Å². The molecule has 4 rings (SSSR count). The molecular formula is C22H17FN4O5. The van der Waals surface area contributed by atoms with E-state index in [0.29, 0.717) is 17.0 Å². The third-order valence-corrected chi connectivity index (χ3v) is 4.50. The van der Waals surface area contributed by atoms with Gasteiger partial charge in [0.1, 0.15) is 18.2 Å². The van der Waals surface area contributed by atoms with Crippen LogP contribution in [0.1, 0.15) is 21.9 Å². The van der Waals surface area contributed by atoms with Crippen LogP contribution >= 0.6 is 0 Å². The van der Waals surface area contributed by atoms with Gasteiger partial charge in [-0.05, 0) is 24.3 Å². The fraction of sp³-hybridized carbons (Fsp3) is 0.0909. The molecule has 4 aromatic rings. The molecule has 0 radical (unpaired) electrons. The molecule has 1 amide bonds. The van der Waals surface area contributed by atoms with Crippen molar-refractivity contribution in [3.05, 3.63) is 106 Å². The van der Waals surface area contributed by atoms with Gasteiger partial charge in [-0.15, -0.1) is 0 Å². The fourth-order valence-corrected chi connectivity index (χ4v) is 2.96. The van der Waals surface area contributed by atoms with Crippen LogP contribution < -0.4 is 10.1 Å². The number of ether oxygens (including phenoxy) is 1. The number of halogens is 1. The summed E-state index contributed by atoms with van der Waals surface area (Å²) in [4.78, 5) is 22.9. The number of furan rings is 1. The maximum absolute atomic E-state index is 13.8. The van der Waals surface area contributed by atoms with E-state index in [1.165, 1.54) is 35.1 Å². The summed E-state index contributed by atoms with van der Waals surface area (Å²) in [6, 6.07) is 15.4. The number of para-hydroxylation sites is 2. The molecule has 0 atom stereocenters. The van der Waals surface area contributed by atoms with Crippen molar-refractivity contribution in [2.75, 3.05) is 5.32 Å². The molecule has 0 bridgehead atoms. The highest BCUT2D eigenvalue weighted by atomic mass is 19.1. The van der Waals surface area contributed by atoms with E-state index in [1.807, 2.05) is 0 Å². The highest BCUT2D eigenvalue weighted by Gasteiger charge is 2.16. The van der Waals surface area contributed by atoms with Crippen molar-refractivity contribution in [2.45, 2.75) is 13.2 Å². The Morgan fingerprint density at radius 2 is 1.94 bits per heavy atom. The van der Waals surface area contributed by atoms with Gasteiger partial charge >= 0.3 is 5.69 Å². The molecule has 0 aliphatic heterocycles. The van der Waals surface area contributed by atoms with Crippen LogP contribution in [0.2, 0.25) is 0 Å². The van der Waals surface area contributed by atoms with Crippen molar-refractivity contribution in [1.29, 1.82) is 0 Å². The SMILES string of the molecule is O=C(Nc1cnn(Cc2ccccc2F)c1)c1ccc(COc2ccccc2[N+](=O)[O-])o1. The number of hydrogen-bond acceptors (Lipinski definition) is 6.